The number of hydrogen-bond acceptors (Lipinski definition) is 5. The van der Waals surface area contributed by atoms with Crippen LogP contribution in [0.15, 0.2) is 59.8 Å². The molecule has 0 saturated heterocycles. The lowest BCUT2D eigenvalue weighted by atomic mass is 9.88. The molecule has 3 heterocycles. The molecule has 6 nitrogen and oxygen atoms in total. The van der Waals surface area contributed by atoms with E-state index in [0.717, 1.165) is 34.3 Å². The Hall–Kier alpha value is -3.69. The molecule has 0 spiro atoms. The molecule has 5 rings (SSSR count). The van der Waals surface area contributed by atoms with Crippen molar-refractivity contribution in [2.45, 2.75) is 12.5 Å². The van der Waals surface area contributed by atoms with E-state index in [1.807, 2.05) is 23.1 Å². The number of nitrogens with one attached hydrogen (secondary N) is 1. The lowest BCUT2D eigenvalue weighted by molar-refractivity contribution is 0.103. The first-order valence-electron chi connectivity index (χ1n) is 9.81. The van der Waals surface area contributed by atoms with Crippen molar-refractivity contribution in [3.8, 4) is 17.6 Å². The second-order valence-corrected chi connectivity index (χ2v) is 8.04. The van der Waals surface area contributed by atoms with Gasteiger partial charge in [-0.25, -0.2) is 0 Å². The average molecular weight is 432 g/mol. The van der Waals surface area contributed by atoms with E-state index >= 15 is 0 Å². The number of ketones is 1. The van der Waals surface area contributed by atoms with E-state index in [0.29, 0.717) is 22.7 Å². The third kappa shape index (κ3) is 3.06. The number of aromatic hydroxyl groups is 1. The Morgan fingerprint density at radius 1 is 1.32 bits per heavy atom. The molecule has 3 aromatic rings. The van der Waals surface area contributed by atoms with Crippen molar-refractivity contribution in [2.24, 2.45) is 0 Å². The van der Waals surface area contributed by atoms with Crippen molar-refractivity contribution < 1.29 is 14.6 Å². The van der Waals surface area contributed by atoms with Crippen LogP contribution in [0.2, 0.25) is 5.02 Å². The van der Waals surface area contributed by atoms with Crippen molar-refractivity contribution in [3.63, 3.8) is 0 Å². The summed E-state index contributed by atoms with van der Waals surface area (Å²) >= 11 is 6.01. The maximum Gasteiger partial charge on any atom is 0.198 e. The molecule has 154 valence electrons. The molecule has 7 heteroatoms. The Bertz CT molecular complexity index is 1350. The second-order valence-electron chi connectivity index (χ2n) is 7.61. The van der Waals surface area contributed by atoms with Crippen LogP contribution in [0.5, 0.6) is 11.5 Å². The summed E-state index contributed by atoms with van der Waals surface area (Å²) in [6, 6.07) is 12.2. The molecule has 0 aliphatic carbocycles. The fourth-order valence-corrected chi connectivity index (χ4v) is 4.58. The Labute approximate surface area is 183 Å². The molecule has 2 aromatic carbocycles. The number of nitriles is 1. The normalized spacial score (nSPS) is 17.3. The van der Waals surface area contributed by atoms with Gasteiger partial charge in [0.15, 0.2) is 5.78 Å². The molecular weight excluding hydrogens is 414 g/mol. The van der Waals surface area contributed by atoms with Crippen LogP contribution in [0.4, 0.5) is 0 Å². The van der Waals surface area contributed by atoms with E-state index in [1.54, 1.807) is 19.4 Å². The standard InChI is InChI=1S/C24H18ClN3O3/c1-31-16-3-4-20-18(10-16)17-6-7-28-12-14(8-13(11-26)23(28)22(17)27-20)24(30)19-9-15(25)2-5-21(19)29/h2-5,8-10,12,23,27,29H,6-7H2,1H3. The summed E-state index contributed by atoms with van der Waals surface area (Å²) in [6.45, 7) is 0.652. The Morgan fingerprint density at radius 2 is 2.16 bits per heavy atom. The maximum absolute atomic E-state index is 13.1. The number of aromatic nitrogens is 1. The number of rotatable bonds is 3. The summed E-state index contributed by atoms with van der Waals surface area (Å²) in [5.74, 6) is 0.263. The molecule has 2 aliphatic heterocycles. The quantitative estimate of drug-likeness (QED) is 0.588. The Kier molecular flexibility index (Phi) is 4.49. The van der Waals surface area contributed by atoms with Gasteiger partial charge in [0.1, 0.15) is 17.5 Å². The maximum atomic E-state index is 13.1. The highest BCUT2D eigenvalue weighted by molar-refractivity contribution is 6.31. The predicted octanol–water partition coefficient (Wildman–Crippen LogP) is 4.67. The van der Waals surface area contributed by atoms with E-state index < -0.39 is 0 Å². The highest BCUT2D eigenvalue weighted by Gasteiger charge is 2.35. The van der Waals surface area contributed by atoms with Gasteiger partial charge in [-0.1, -0.05) is 11.6 Å². The third-order valence-corrected chi connectivity index (χ3v) is 6.11. The predicted molar refractivity (Wildman–Crippen MR) is 117 cm³/mol. The SMILES string of the molecule is COc1ccc2[nH]c3c(c2c1)CCN1C=C(C(=O)c2cc(Cl)ccc2O)C=C(C#N)C31. The summed E-state index contributed by atoms with van der Waals surface area (Å²) in [7, 11) is 1.64. The van der Waals surface area contributed by atoms with E-state index in [1.165, 1.54) is 18.2 Å². The van der Waals surface area contributed by atoms with Gasteiger partial charge >= 0.3 is 0 Å². The van der Waals surface area contributed by atoms with Gasteiger partial charge in [0.05, 0.1) is 24.3 Å². The number of ether oxygens (including phenoxy) is 1. The fourth-order valence-electron chi connectivity index (χ4n) is 4.41. The van der Waals surface area contributed by atoms with Gasteiger partial charge in [0, 0.05) is 39.9 Å². The number of hydrogen-bond donors (Lipinski definition) is 2. The minimum atomic E-state index is -0.376. The number of carbonyl (C=O) groups excluding carboxylic acids is 1. The van der Waals surface area contributed by atoms with E-state index in [9.17, 15) is 15.2 Å². The smallest absolute Gasteiger partial charge is 0.198 e. The first kappa shape index (κ1) is 19.3. The molecule has 0 bridgehead atoms. The number of carbonyl (C=O) groups is 1. The molecule has 0 amide bonds. The molecule has 2 N–H and O–H groups in total. The number of phenolic OH excluding ortho intramolecular Hbond substituents is 1. The Morgan fingerprint density at radius 3 is 2.94 bits per heavy atom. The molecule has 1 atom stereocenters. The zero-order chi connectivity index (χ0) is 21.7. The van der Waals surface area contributed by atoms with Crippen LogP contribution < -0.4 is 4.74 Å². The summed E-state index contributed by atoms with van der Waals surface area (Å²) in [5.41, 5.74) is 4.02. The summed E-state index contributed by atoms with van der Waals surface area (Å²) in [4.78, 5) is 18.5. The van der Waals surface area contributed by atoms with Gasteiger partial charge in [-0.15, -0.1) is 0 Å². The van der Waals surface area contributed by atoms with Gasteiger partial charge in [0.25, 0.3) is 0 Å². The number of nitrogens with zero attached hydrogens (tertiary/aromatic N) is 2. The van der Waals surface area contributed by atoms with Gasteiger partial charge in [-0.05, 0) is 54.5 Å². The molecule has 31 heavy (non-hydrogen) atoms. The first-order valence-corrected chi connectivity index (χ1v) is 10.2. The monoisotopic (exact) mass is 431 g/mol. The van der Waals surface area contributed by atoms with Crippen molar-refractivity contribution in [3.05, 3.63) is 81.7 Å². The van der Waals surface area contributed by atoms with Crippen LogP contribution in [-0.2, 0) is 6.42 Å². The van der Waals surface area contributed by atoms with E-state index in [2.05, 4.69) is 11.1 Å². The topological polar surface area (TPSA) is 89.3 Å². The van der Waals surface area contributed by atoms with Crippen LogP contribution in [-0.4, -0.2) is 34.4 Å². The third-order valence-electron chi connectivity index (χ3n) is 5.88. The fraction of sp³-hybridized carbons (Fsp3) is 0.167. The number of benzene rings is 2. The lowest BCUT2D eigenvalue weighted by Crippen LogP contribution is -2.35. The number of halogens is 1. The van der Waals surface area contributed by atoms with Crippen LogP contribution >= 0.6 is 11.6 Å². The number of allylic oxidation sites excluding steroid dienone is 2. The molecule has 0 fully saturated rings. The molecule has 2 aliphatic rings. The van der Waals surface area contributed by atoms with Crippen molar-refractivity contribution >= 4 is 28.3 Å². The summed E-state index contributed by atoms with van der Waals surface area (Å²) in [6.07, 6.45) is 4.13. The minimum absolute atomic E-state index is 0.112. The average Bonchev–Trinajstić information content (AvgIpc) is 3.17. The van der Waals surface area contributed by atoms with Crippen LogP contribution in [0.1, 0.15) is 27.7 Å². The highest BCUT2D eigenvalue weighted by Crippen LogP contribution is 2.42. The van der Waals surface area contributed by atoms with Crippen LogP contribution in [0.25, 0.3) is 10.9 Å². The molecule has 0 radical (unpaired) electrons. The molecule has 1 aromatic heterocycles. The van der Waals surface area contributed by atoms with Crippen molar-refractivity contribution in [1.29, 1.82) is 5.26 Å². The van der Waals surface area contributed by atoms with Gasteiger partial charge in [0.2, 0.25) is 0 Å². The number of methoxy groups -OCH3 is 1. The zero-order valence-electron chi connectivity index (χ0n) is 16.6. The lowest BCUT2D eigenvalue weighted by Gasteiger charge is -2.37. The number of fused-ring (bicyclic) bond motifs is 5. The van der Waals surface area contributed by atoms with Gasteiger partial charge in [-0.2, -0.15) is 5.26 Å². The van der Waals surface area contributed by atoms with Crippen LogP contribution in [0, 0.1) is 11.3 Å². The second kappa shape index (κ2) is 7.22. The van der Waals surface area contributed by atoms with Gasteiger partial charge < -0.3 is 19.7 Å². The summed E-state index contributed by atoms with van der Waals surface area (Å²) < 4.78 is 5.37. The molecule has 1 unspecified atom stereocenters. The number of phenols is 1. The first-order chi connectivity index (χ1) is 15.0. The van der Waals surface area contributed by atoms with Crippen molar-refractivity contribution in [2.75, 3.05) is 13.7 Å². The van der Waals surface area contributed by atoms with Gasteiger partial charge in [-0.3, -0.25) is 4.79 Å². The van der Waals surface area contributed by atoms with Crippen molar-refractivity contribution in [1.82, 2.24) is 9.88 Å². The minimum Gasteiger partial charge on any atom is -0.507 e. The molecular formula is C24H18ClN3O3. The zero-order valence-corrected chi connectivity index (χ0v) is 17.4. The largest absolute Gasteiger partial charge is 0.507 e. The number of aromatic amines is 1. The number of H-pyrrole nitrogens is 1. The highest BCUT2D eigenvalue weighted by atomic mass is 35.5. The number of Topliss-reactive ketones (excluding diaryl/α,β-unsaturated/α-hetero) is 1. The van der Waals surface area contributed by atoms with E-state index in [-0.39, 0.29) is 23.1 Å². The van der Waals surface area contributed by atoms with E-state index in [4.69, 9.17) is 16.3 Å². The summed E-state index contributed by atoms with van der Waals surface area (Å²) in [5, 5.41) is 21.5. The van der Waals surface area contributed by atoms with Crippen LogP contribution in [0.3, 0.4) is 0 Å². The Balaban J connectivity index is 1.58. The molecule has 0 saturated carbocycles.